The van der Waals surface area contributed by atoms with E-state index in [1.165, 1.54) is 64.2 Å². The highest BCUT2D eigenvalue weighted by Gasteiger charge is 2.21. The molecule has 4 heteroatoms. The zero-order valence-electron chi connectivity index (χ0n) is 20.0. The number of benzene rings is 1. The van der Waals surface area contributed by atoms with E-state index in [1.807, 2.05) is 6.07 Å². The van der Waals surface area contributed by atoms with Gasteiger partial charge in [-0.05, 0) is 54.7 Å². The molecule has 1 saturated carbocycles. The zero-order chi connectivity index (χ0) is 22.6. The van der Waals surface area contributed by atoms with Crippen molar-refractivity contribution in [2.75, 3.05) is 6.61 Å². The van der Waals surface area contributed by atoms with Gasteiger partial charge in [0.2, 0.25) is 0 Å². The van der Waals surface area contributed by atoms with Crippen molar-refractivity contribution in [3.63, 3.8) is 0 Å². The SMILES string of the molecule is CCCCCc1ccc(-c2cnc(OCC3CCC(CCCCC)CC3)nc2)cc1C#N. The minimum Gasteiger partial charge on any atom is -0.463 e. The first-order chi connectivity index (χ1) is 15.7. The Morgan fingerprint density at radius 2 is 1.59 bits per heavy atom. The molecule has 3 rings (SSSR count). The number of rotatable bonds is 12. The van der Waals surface area contributed by atoms with Crippen LogP contribution in [0.4, 0.5) is 0 Å². The summed E-state index contributed by atoms with van der Waals surface area (Å²) < 4.78 is 5.91. The standard InChI is InChI=1S/C28H39N3O/c1-3-5-7-9-22-11-13-23(14-12-22)21-32-28-30-19-27(20-31-28)25-16-15-24(10-8-6-4-2)26(17-25)18-29/h15-17,19-20,22-23H,3-14,21H2,1-2H3. The van der Waals surface area contributed by atoms with Crippen molar-refractivity contribution < 1.29 is 4.74 Å². The summed E-state index contributed by atoms with van der Waals surface area (Å²) in [5, 5.41) is 9.55. The quantitative estimate of drug-likeness (QED) is 0.325. The van der Waals surface area contributed by atoms with Crippen LogP contribution in [0.2, 0.25) is 0 Å². The molecular formula is C28H39N3O. The lowest BCUT2D eigenvalue weighted by Gasteiger charge is -2.28. The molecule has 0 spiro atoms. The van der Waals surface area contributed by atoms with Gasteiger partial charge in [0.15, 0.2) is 0 Å². The number of hydrogen-bond acceptors (Lipinski definition) is 4. The van der Waals surface area contributed by atoms with Crippen molar-refractivity contribution in [1.29, 1.82) is 5.26 Å². The van der Waals surface area contributed by atoms with Gasteiger partial charge in [0.1, 0.15) is 0 Å². The van der Waals surface area contributed by atoms with Gasteiger partial charge in [-0.1, -0.05) is 77.3 Å². The Kier molecular flexibility index (Phi) is 10.0. The van der Waals surface area contributed by atoms with Crippen molar-refractivity contribution in [2.45, 2.75) is 90.9 Å². The van der Waals surface area contributed by atoms with Gasteiger partial charge in [-0.25, -0.2) is 9.97 Å². The van der Waals surface area contributed by atoms with E-state index in [1.54, 1.807) is 12.4 Å². The summed E-state index contributed by atoms with van der Waals surface area (Å²) in [4.78, 5) is 8.85. The Labute approximate surface area is 194 Å². The van der Waals surface area contributed by atoms with Crippen LogP contribution in [0, 0.1) is 23.2 Å². The molecule has 0 N–H and O–H groups in total. The molecule has 172 valence electrons. The fourth-order valence-electron chi connectivity index (χ4n) is 4.75. The fraction of sp³-hybridized carbons (Fsp3) is 0.607. The number of nitriles is 1. The lowest BCUT2D eigenvalue weighted by atomic mass is 9.80. The van der Waals surface area contributed by atoms with Gasteiger partial charge in [0, 0.05) is 18.0 Å². The van der Waals surface area contributed by atoms with Crippen molar-refractivity contribution in [1.82, 2.24) is 9.97 Å². The van der Waals surface area contributed by atoms with Crippen LogP contribution in [0.3, 0.4) is 0 Å². The highest BCUT2D eigenvalue weighted by atomic mass is 16.5. The summed E-state index contributed by atoms with van der Waals surface area (Å²) in [6.07, 6.45) is 18.8. The van der Waals surface area contributed by atoms with E-state index in [0.717, 1.165) is 41.0 Å². The summed E-state index contributed by atoms with van der Waals surface area (Å²) in [5.74, 6) is 1.55. The molecule has 0 bridgehead atoms. The molecule has 0 saturated heterocycles. The molecule has 0 aliphatic heterocycles. The van der Waals surface area contributed by atoms with Gasteiger partial charge in [-0.2, -0.15) is 5.26 Å². The molecule has 32 heavy (non-hydrogen) atoms. The highest BCUT2D eigenvalue weighted by Crippen LogP contribution is 2.32. The van der Waals surface area contributed by atoms with Crippen molar-refractivity contribution in [3.8, 4) is 23.2 Å². The van der Waals surface area contributed by atoms with Crippen LogP contribution in [-0.4, -0.2) is 16.6 Å². The topological polar surface area (TPSA) is 58.8 Å². The van der Waals surface area contributed by atoms with E-state index in [4.69, 9.17) is 4.74 Å². The summed E-state index contributed by atoms with van der Waals surface area (Å²) in [6.45, 7) is 5.19. The van der Waals surface area contributed by atoms with Gasteiger partial charge in [-0.15, -0.1) is 0 Å². The van der Waals surface area contributed by atoms with E-state index < -0.39 is 0 Å². The van der Waals surface area contributed by atoms with E-state index in [0.29, 0.717) is 18.5 Å². The van der Waals surface area contributed by atoms with Gasteiger partial charge >= 0.3 is 6.01 Å². The maximum atomic E-state index is 9.55. The van der Waals surface area contributed by atoms with Crippen LogP contribution in [0.25, 0.3) is 11.1 Å². The normalized spacial score (nSPS) is 18.3. The molecule has 1 aromatic heterocycles. The number of hydrogen-bond donors (Lipinski definition) is 0. The van der Waals surface area contributed by atoms with Crippen LogP contribution >= 0.6 is 0 Å². The lowest BCUT2D eigenvalue weighted by Crippen LogP contribution is -2.20. The van der Waals surface area contributed by atoms with Gasteiger partial charge in [0.05, 0.1) is 18.2 Å². The maximum absolute atomic E-state index is 9.55. The zero-order valence-corrected chi connectivity index (χ0v) is 20.0. The number of unbranched alkanes of at least 4 members (excludes halogenated alkanes) is 4. The largest absolute Gasteiger partial charge is 0.463 e. The Hall–Kier alpha value is -2.41. The molecule has 1 heterocycles. The minimum atomic E-state index is 0.454. The monoisotopic (exact) mass is 433 g/mol. The van der Waals surface area contributed by atoms with Crippen molar-refractivity contribution in [3.05, 3.63) is 41.7 Å². The molecule has 1 aliphatic rings. The number of nitrogens with zero attached hydrogens (tertiary/aromatic N) is 3. The molecule has 4 nitrogen and oxygen atoms in total. The minimum absolute atomic E-state index is 0.454. The number of aryl methyl sites for hydroxylation is 1. The summed E-state index contributed by atoms with van der Waals surface area (Å²) >= 11 is 0. The first-order valence-electron chi connectivity index (χ1n) is 12.7. The molecule has 1 aromatic carbocycles. The predicted octanol–water partition coefficient (Wildman–Crippen LogP) is 7.51. The van der Waals surface area contributed by atoms with E-state index in [-0.39, 0.29) is 0 Å². The van der Waals surface area contributed by atoms with Crippen LogP contribution < -0.4 is 4.74 Å². The smallest absolute Gasteiger partial charge is 0.316 e. The third kappa shape index (κ3) is 7.33. The third-order valence-electron chi connectivity index (χ3n) is 6.87. The Morgan fingerprint density at radius 3 is 2.28 bits per heavy atom. The summed E-state index contributed by atoms with van der Waals surface area (Å²) in [5.41, 5.74) is 3.78. The molecule has 0 unspecified atom stereocenters. The van der Waals surface area contributed by atoms with Crippen molar-refractivity contribution in [2.24, 2.45) is 11.8 Å². The molecular weight excluding hydrogens is 394 g/mol. The second kappa shape index (κ2) is 13.2. The van der Waals surface area contributed by atoms with Crippen LogP contribution in [-0.2, 0) is 6.42 Å². The van der Waals surface area contributed by atoms with Crippen molar-refractivity contribution >= 4 is 0 Å². The maximum Gasteiger partial charge on any atom is 0.316 e. The summed E-state index contributed by atoms with van der Waals surface area (Å²) in [7, 11) is 0. The molecule has 0 amide bonds. The van der Waals surface area contributed by atoms with Crippen LogP contribution in [0.5, 0.6) is 6.01 Å². The first kappa shape index (κ1) is 24.2. The fourth-order valence-corrected chi connectivity index (χ4v) is 4.75. The van der Waals surface area contributed by atoms with E-state index >= 15 is 0 Å². The Balaban J connectivity index is 1.48. The Bertz CT molecular complexity index is 848. The molecule has 0 radical (unpaired) electrons. The molecule has 0 atom stereocenters. The second-order valence-electron chi connectivity index (χ2n) is 9.39. The van der Waals surface area contributed by atoms with Gasteiger partial charge in [0.25, 0.3) is 0 Å². The average Bonchev–Trinajstić information content (AvgIpc) is 2.84. The Morgan fingerprint density at radius 1 is 0.906 bits per heavy atom. The lowest BCUT2D eigenvalue weighted by molar-refractivity contribution is 0.169. The molecule has 1 aliphatic carbocycles. The van der Waals surface area contributed by atoms with E-state index in [9.17, 15) is 5.26 Å². The first-order valence-corrected chi connectivity index (χ1v) is 12.7. The highest BCUT2D eigenvalue weighted by molar-refractivity contribution is 5.64. The third-order valence-corrected chi connectivity index (χ3v) is 6.87. The number of ether oxygens (including phenoxy) is 1. The predicted molar refractivity (Wildman–Crippen MR) is 130 cm³/mol. The number of aromatic nitrogens is 2. The molecule has 1 fully saturated rings. The van der Waals surface area contributed by atoms with Crippen LogP contribution in [0.15, 0.2) is 30.6 Å². The summed E-state index contributed by atoms with van der Waals surface area (Å²) in [6, 6.07) is 8.91. The van der Waals surface area contributed by atoms with Gasteiger partial charge < -0.3 is 4.74 Å². The van der Waals surface area contributed by atoms with E-state index in [2.05, 4.69) is 42.0 Å². The average molecular weight is 434 g/mol. The molecule has 2 aromatic rings. The van der Waals surface area contributed by atoms with Gasteiger partial charge in [-0.3, -0.25) is 0 Å². The van der Waals surface area contributed by atoms with Crippen LogP contribution in [0.1, 0.15) is 95.6 Å². The second-order valence-corrected chi connectivity index (χ2v) is 9.39.